The van der Waals surface area contributed by atoms with Crippen LogP contribution in [-0.2, 0) is 5.75 Å². The molecule has 0 spiro atoms. The minimum Gasteiger partial charge on any atom is -0.395 e. The molecule has 0 aliphatic heterocycles. The van der Waals surface area contributed by atoms with Gasteiger partial charge in [-0.3, -0.25) is 0 Å². The predicted molar refractivity (Wildman–Crippen MR) is 91.1 cm³/mol. The molecule has 1 heterocycles. The second-order valence-electron chi connectivity index (χ2n) is 4.83. The van der Waals surface area contributed by atoms with Crippen molar-refractivity contribution >= 4 is 23.3 Å². The van der Waals surface area contributed by atoms with Gasteiger partial charge in [-0.15, -0.1) is 11.8 Å². The van der Waals surface area contributed by atoms with Crippen molar-refractivity contribution in [3.8, 4) is 11.1 Å². The van der Waals surface area contributed by atoms with Crippen molar-refractivity contribution in [2.24, 2.45) is 0 Å². The average molecular weight is 295 g/mol. The normalized spacial score (nSPS) is 10.7. The number of nitrogens with one attached hydrogen (secondary N) is 1. The van der Waals surface area contributed by atoms with Gasteiger partial charge in [0.05, 0.1) is 5.69 Å². The highest BCUT2D eigenvalue weighted by Crippen LogP contribution is 2.33. The molecule has 0 amide bonds. The SMILES string of the molecule is Nc1[nH]cc(-c2cccc(SCc3ccccc3)c2)c1N. The van der Waals surface area contributed by atoms with Crippen molar-refractivity contribution in [2.45, 2.75) is 10.6 Å². The van der Waals surface area contributed by atoms with Crippen molar-refractivity contribution in [1.82, 2.24) is 4.98 Å². The maximum atomic E-state index is 5.99. The van der Waals surface area contributed by atoms with Gasteiger partial charge in [0, 0.05) is 22.4 Å². The van der Waals surface area contributed by atoms with E-state index in [0.717, 1.165) is 16.9 Å². The zero-order valence-electron chi connectivity index (χ0n) is 11.5. The van der Waals surface area contributed by atoms with E-state index in [1.807, 2.05) is 36.2 Å². The number of rotatable bonds is 4. The quantitative estimate of drug-likeness (QED) is 0.634. The van der Waals surface area contributed by atoms with Gasteiger partial charge >= 0.3 is 0 Å². The Balaban J connectivity index is 1.79. The first-order valence-corrected chi connectivity index (χ1v) is 7.72. The minimum absolute atomic E-state index is 0.521. The highest BCUT2D eigenvalue weighted by molar-refractivity contribution is 7.98. The van der Waals surface area contributed by atoms with Crippen LogP contribution in [0.1, 0.15) is 5.56 Å². The largest absolute Gasteiger partial charge is 0.395 e. The van der Waals surface area contributed by atoms with Gasteiger partial charge in [0.15, 0.2) is 0 Å². The zero-order valence-corrected chi connectivity index (χ0v) is 12.4. The molecule has 3 aromatic rings. The molecule has 4 heteroatoms. The molecule has 5 N–H and O–H groups in total. The van der Waals surface area contributed by atoms with Gasteiger partial charge in [-0.1, -0.05) is 42.5 Å². The number of nitrogen functional groups attached to an aromatic ring is 2. The third-order valence-electron chi connectivity index (χ3n) is 3.35. The van der Waals surface area contributed by atoms with Crippen LogP contribution in [0.4, 0.5) is 11.5 Å². The van der Waals surface area contributed by atoms with Crippen molar-refractivity contribution in [3.05, 3.63) is 66.4 Å². The van der Waals surface area contributed by atoms with E-state index in [9.17, 15) is 0 Å². The Morgan fingerprint density at radius 1 is 0.952 bits per heavy atom. The fourth-order valence-electron chi connectivity index (χ4n) is 2.18. The first-order valence-electron chi connectivity index (χ1n) is 6.73. The van der Waals surface area contributed by atoms with Crippen LogP contribution in [0.2, 0.25) is 0 Å². The Morgan fingerprint density at radius 2 is 1.76 bits per heavy atom. The third kappa shape index (κ3) is 3.06. The fraction of sp³-hybridized carbons (Fsp3) is 0.0588. The molecule has 0 aliphatic carbocycles. The molecule has 106 valence electrons. The van der Waals surface area contributed by atoms with Gasteiger partial charge in [0.1, 0.15) is 5.82 Å². The van der Waals surface area contributed by atoms with Crippen molar-refractivity contribution in [1.29, 1.82) is 0 Å². The number of nitrogens with two attached hydrogens (primary N) is 2. The van der Waals surface area contributed by atoms with E-state index in [2.05, 4.69) is 41.4 Å². The molecule has 0 radical (unpaired) electrons. The summed E-state index contributed by atoms with van der Waals surface area (Å²) in [4.78, 5) is 4.18. The van der Waals surface area contributed by atoms with Crippen LogP contribution >= 0.6 is 11.8 Å². The summed E-state index contributed by atoms with van der Waals surface area (Å²) in [7, 11) is 0. The lowest BCUT2D eigenvalue weighted by Crippen LogP contribution is -1.92. The zero-order chi connectivity index (χ0) is 14.7. The molecule has 1 aromatic heterocycles. The van der Waals surface area contributed by atoms with Gasteiger partial charge in [-0.2, -0.15) is 0 Å². The number of benzene rings is 2. The number of hydrogen-bond acceptors (Lipinski definition) is 3. The van der Waals surface area contributed by atoms with E-state index in [1.165, 1.54) is 10.5 Å². The van der Waals surface area contributed by atoms with E-state index in [1.54, 1.807) is 0 Å². The first kappa shape index (κ1) is 13.6. The Labute approximate surface area is 128 Å². The molecule has 0 bridgehead atoms. The summed E-state index contributed by atoms with van der Waals surface area (Å²) in [6, 6.07) is 18.8. The number of aromatic nitrogens is 1. The molecule has 0 saturated carbocycles. The summed E-state index contributed by atoms with van der Waals surface area (Å²) in [5.74, 6) is 1.47. The second kappa shape index (κ2) is 5.97. The average Bonchev–Trinajstić information content (AvgIpc) is 2.86. The number of aromatic amines is 1. The summed E-state index contributed by atoms with van der Waals surface area (Å²) in [5.41, 5.74) is 15.7. The van der Waals surface area contributed by atoms with Crippen LogP contribution in [-0.4, -0.2) is 4.98 Å². The smallest absolute Gasteiger partial charge is 0.124 e. The first-order chi connectivity index (χ1) is 10.2. The Bertz CT molecular complexity index is 735. The standard InChI is InChI=1S/C17H17N3S/c18-16-15(10-20-17(16)19)13-7-4-8-14(9-13)21-11-12-5-2-1-3-6-12/h1-10,20H,11,18-19H2. The number of H-pyrrole nitrogens is 1. The number of anilines is 2. The molecule has 3 rings (SSSR count). The van der Waals surface area contributed by atoms with Crippen molar-refractivity contribution < 1.29 is 0 Å². The molecule has 2 aromatic carbocycles. The van der Waals surface area contributed by atoms with Crippen LogP contribution < -0.4 is 11.5 Å². The lowest BCUT2D eigenvalue weighted by Gasteiger charge is -2.05. The lowest BCUT2D eigenvalue weighted by atomic mass is 10.1. The summed E-state index contributed by atoms with van der Waals surface area (Å²) in [6.07, 6.45) is 1.85. The summed E-state index contributed by atoms with van der Waals surface area (Å²) >= 11 is 1.81. The topological polar surface area (TPSA) is 67.8 Å². The Kier molecular flexibility index (Phi) is 3.88. The Morgan fingerprint density at radius 3 is 2.48 bits per heavy atom. The fourth-order valence-corrected chi connectivity index (χ4v) is 3.09. The molecular formula is C17H17N3S. The summed E-state index contributed by atoms with van der Waals surface area (Å²) < 4.78 is 0. The van der Waals surface area contributed by atoms with Gasteiger partial charge in [0.25, 0.3) is 0 Å². The maximum absolute atomic E-state index is 5.99. The van der Waals surface area contributed by atoms with Crippen LogP contribution in [0.15, 0.2) is 65.7 Å². The van der Waals surface area contributed by atoms with Crippen molar-refractivity contribution in [2.75, 3.05) is 11.5 Å². The van der Waals surface area contributed by atoms with Crippen LogP contribution in [0.25, 0.3) is 11.1 Å². The lowest BCUT2D eigenvalue weighted by molar-refractivity contribution is 1.38. The summed E-state index contributed by atoms with van der Waals surface area (Å²) in [5, 5.41) is 0. The van der Waals surface area contributed by atoms with Gasteiger partial charge in [-0.05, 0) is 23.3 Å². The highest BCUT2D eigenvalue weighted by atomic mass is 32.2. The highest BCUT2D eigenvalue weighted by Gasteiger charge is 2.08. The van der Waals surface area contributed by atoms with Gasteiger partial charge in [-0.25, -0.2) is 0 Å². The monoisotopic (exact) mass is 295 g/mol. The van der Waals surface area contributed by atoms with Gasteiger partial charge < -0.3 is 16.5 Å². The van der Waals surface area contributed by atoms with E-state index in [4.69, 9.17) is 11.5 Å². The molecule has 0 saturated heterocycles. The molecule has 0 unspecified atom stereocenters. The molecule has 21 heavy (non-hydrogen) atoms. The maximum Gasteiger partial charge on any atom is 0.124 e. The van der Waals surface area contributed by atoms with E-state index in [0.29, 0.717) is 11.5 Å². The van der Waals surface area contributed by atoms with E-state index in [-0.39, 0.29) is 0 Å². The van der Waals surface area contributed by atoms with Crippen LogP contribution in [0.5, 0.6) is 0 Å². The minimum atomic E-state index is 0.521. The molecular weight excluding hydrogens is 278 g/mol. The number of hydrogen-bond donors (Lipinski definition) is 3. The van der Waals surface area contributed by atoms with Crippen LogP contribution in [0, 0.1) is 0 Å². The summed E-state index contributed by atoms with van der Waals surface area (Å²) in [6.45, 7) is 0. The third-order valence-corrected chi connectivity index (χ3v) is 4.41. The molecule has 0 fully saturated rings. The molecule has 0 atom stereocenters. The Hall–Kier alpha value is -2.33. The second-order valence-corrected chi connectivity index (χ2v) is 5.88. The van der Waals surface area contributed by atoms with Gasteiger partial charge in [0.2, 0.25) is 0 Å². The molecule has 0 aliphatic rings. The van der Waals surface area contributed by atoms with Crippen LogP contribution in [0.3, 0.4) is 0 Å². The van der Waals surface area contributed by atoms with E-state index < -0.39 is 0 Å². The van der Waals surface area contributed by atoms with Crippen molar-refractivity contribution in [3.63, 3.8) is 0 Å². The van der Waals surface area contributed by atoms with E-state index >= 15 is 0 Å². The number of thioether (sulfide) groups is 1. The molecule has 3 nitrogen and oxygen atoms in total. The predicted octanol–water partition coefficient (Wildman–Crippen LogP) is 4.14.